The molecule has 1 aliphatic heterocycles. The number of aryl methyl sites for hydroxylation is 1. The van der Waals surface area contributed by atoms with Crippen molar-refractivity contribution in [2.75, 3.05) is 39.8 Å². The van der Waals surface area contributed by atoms with Gasteiger partial charge in [-0.25, -0.2) is 8.96 Å². The van der Waals surface area contributed by atoms with Gasteiger partial charge in [0, 0.05) is 38.1 Å². The summed E-state index contributed by atoms with van der Waals surface area (Å²) in [5.41, 5.74) is 1.13. The molecule has 1 fully saturated rings. The number of methoxy groups -OCH3 is 1. The smallest absolute Gasteiger partial charge is 0.308 e. The molecular formula is C18H23N5O5S. The van der Waals surface area contributed by atoms with Crippen LogP contribution < -0.4 is 10.1 Å². The van der Waals surface area contributed by atoms with E-state index in [1.165, 1.54) is 26.5 Å². The van der Waals surface area contributed by atoms with E-state index in [2.05, 4.69) is 16.9 Å². The summed E-state index contributed by atoms with van der Waals surface area (Å²) in [5.74, 6) is -0.333. The number of nitrogens with one attached hydrogen (secondary N) is 1. The number of pyridine rings is 1. The van der Waals surface area contributed by atoms with E-state index in [9.17, 15) is 18.0 Å². The van der Waals surface area contributed by atoms with E-state index in [0.29, 0.717) is 22.5 Å². The van der Waals surface area contributed by atoms with Gasteiger partial charge in [-0.1, -0.05) is 6.58 Å². The Morgan fingerprint density at radius 3 is 2.62 bits per heavy atom. The van der Waals surface area contributed by atoms with Crippen molar-refractivity contribution in [2.45, 2.75) is 6.92 Å². The Balaban J connectivity index is 1.75. The molecule has 0 spiro atoms. The van der Waals surface area contributed by atoms with Crippen LogP contribution in [0, 0.1) is 6.92 Å². The summed E-state index contributed by atoms with van der Waals surface area (Å²) in [5, 5.41) is 3.03. The lowest BCUT2D eigenvalue weighted by Gasteiger charge is -2.34. The van der Waals surface area contributed by atoms with Crippen LogP contribution in [0.15, 0.2) is 31.0 Å². The van der Waals surface area contributed by atoms with Crippen LogP contribution in [0.5, 0.6) is 5.88 Å². The average Bonchev–Trinajstić information content (AvgIpc) is 3.15. The lowest BCUT2D eigenvalue weighted by molar-refractivity contribution is -0.133. The zero-order valence-corrected chi connectivity index (χ0v) is 17.1. The molecule has 0 atom stereocenters. The molecule has 0 saturated carbocycles. The number of carbonyl (C=O) groups excluding carboxylic acids is 2. The molecule has 0 radical (unpaired) electrons. The summed E-state index contributed by atoms with van der Waals surface area (Å²) in [6.07, 6.45) is 2.57. The van der Waals surface area contributed by atoms with E-state index in [1.807, 2.05) is 0 Å². The Morgan fingerprint density at radius 2 is 2.00 bits per heavy atom. The van der Waals surface area contributed by atoms with Gasteiger partial charge in [0.15, 0.2) is 0 Å². The highest BCUT2D eigenvalue weighted by atomic mass is 32.2. The number of aromatic nitrogens is 2. The van der Waals surface area contributed by atoms with Crippen molar-refractivity contribution in [3.63, 3.8) is 0 Å². The molecule has 2 aromatic heterocycles. The van der Waals surface area contributed by atoms with Crippen molar-refractivity contribution in [3.8, 4) is 5.88 Å². The van der Waals surface area contributed by atoms with E-state index < -0.39 is 16.1 Å². The van der Waals surface area contributed by atoms with Gasteiger partial charge in [0.25, 0.3) is 0 Å². The summed E-state index contributed by atoms with van der Waals surface area (Å²) >= 11 is 0. The van der Waals surface area contributed by atoms with Gasteiger partial charge >= 0.3 is 10.2 Å². The minimum absolute atomic E-state index is 0.147. The van der Waals surface area contributed by atoms with E-state index in [4.69, 9.17) is 4.74 Å². The highest BCUT2D eigenvalue weighted by molar-refractivity contribution is 7.87. The van der Waals surface area contributed by atoms with Crippen molar-refractivity contribution in [1.29, 1.82) is 0 Å². The van der Waals surface area contributed by atoms with Gasteiger partial charge in [-0.05, 0) is 25.1 Å². The Kier molecular flexibility index (Phi) is 5.89. The fourth-order valence-electron chi connectivity index (χ4n) is 3.20. The number of ether oxygens (including phenoxy) is 1. The third-order valence-electron chi connectivity index (χ3n) is 4.70. The summed E-state index contributed by atoms with van der Waals surface area (Å²) in [4.78, 5) is 29.2. The van der Waals surface area contributed by atoms with Crippen LogP contribution in [-0.4, -0.2) is 78.2 Å². The summed E-state index contributed by atoms with van der Waals surface area (Å²) in [6, 6.07) is 3.34. The van der Waals surface area contributed by atoms with E-state index in [0.717, 1.165) is 6.08 Å². The van der Waals surface area contributed by atoms with Gasteiger partial charge in [-0.2, -0.15) is 12.7 Å². The molecule has 10 nitrogen and oxygen atoms in total. The molecule has 11 heteroatoms. The van der Waals surface area contributed by atoms with Crippen LogP contribution in [-0.2, 0) is 19.8 Å². The minimum Gasteiger partial charge on any atom is -0.480 e. The molecule has 3 heterocycles. The molecular weight excluding hydrogens is 398 g/mol. The first-order chi connectivity index (χ1) is 13.8. The molecule has 1 N–H and O–H groups in total. The van der Waals surface area contributed by atoms with Crippen molar-refractivity contribution in [1.82, 2.24) is 23.5 Å². The normalized spacial score (nSPS) is 15.3. The van der Waals surface area contributed by atoms with Gasteiger partial charge in [-0.3, -0.25) is 9.59 Å². The number of fused-ring (bicyclic) bond motifs is 1. The molecule has 2 amide bonds. The molecule has 0 aliphatic carbocycles. The molecule has 0 bridgehead atoms. The molecule has 3 rings (SSSR count). The first-order valence-corrected chi connectivity index (χ1v) is 10.4. The highest BCUT2D eigenvalue weighted by Gasteiger charge is 2.31. The number of rotatable bonds is 6. The molecule has 156 valence electrons. The topological polar surface area (TPSA) is 114 Å². The maximum absolute atomic E-state index is 13.2. The third-order valence-corrected chi connectivity index (χ3v) is 6.54. The molecule has 29 heavy (non-hydrogen) atoms. The lowest BCUT2D eigenvalue weighted by atomic mass is 10.3. The SMILES string of the molecule is C=CC(=O)NCC(=O)N1CCN(S(=O)(=O)n2ccc3c(OC)nc(C)cc32)CC1. The van der Waals surface area contributed by atoms with Gasteiger partial charge in [-0.15, -0.1) is 0 Å². The van der Waals surface area contributed by atoms with Gasteiger partial charge < -0.3 is 15.0 Å². The average molecular weight is 421 g/mol. The minimum atomic E-state index is -3.82. The number of piperazine rings is 1. The second-order valence-electron chi connectivity index (χ2n) is 6.53. The Bertz CT molecular complexity index is 1050. The second kappa shape index (κ2) is 8.21. The van der Waals surface area contributed by atoms with Gasteiger partial charge in [0.05, 0.1) is 24.6 Å². The van der Waals surface area contributed by atoms with Crippen LogP contribution >= 0.6 is 0 Å². The van der Waals surface area contributed by atoms with Gasteiger partial charge in [0.2, 0.25) is 17.7 Å². The quantitative estimate of drug-likeness (QED) is 0.651. The van der Waals surface area contributed by atoms with Crippen LogP contribution in [0.2, 0.25) is 0 Å². The molecule has 1 aliphatic rings. The van der Waals surface area contributed by atoms with Crippen LogP contribution in [0.25, 0.3) is 10.9 Å². The zero-order valence-electron chi connectivity index (χ0n) is 16.3. The lowest BCUT2D eigenvalue weighted by Crippen LogP contribution is -2.53. The predicted molar refractivity (Wildman–Crippen MR) is 107 cm³/mol. The fraction of sp³-hybridized carbons (Fsp3) is 0.389. The predicted octanol–water partition coefficient (Wildman–Crippen LogP) is -0.107. The first kappa shape index (κ1) is 20.8. The van der Waals surface area contributed by atoms with Crippen molar-refractivity contribution < 1.29 is 22.7 Å². The maximum atomic E-state index is 13.2. The van der Waals surface area contributed by atoms with Crippen LogP contribution in [0.3, 0.4) is 0 Å². The number of carbonyl (C=O) groups is 2. The highest BCUT2D eigenvalue weighted by Crippen LogP contribution is 2.27. The molecule has 1 saturated heterocycles. The monoisotopic (exact) mass is 421 g/mol. The second-order valence-corrected chi connectivity index (χ2v) is 8.33. The number of hydrogen-bond donors (Lipinski definition) is 1. The van der Waals surface area contributed by atoms with Crippen molar-refractivity contribution >= 4 is 32.9 Å². The third kappa shape index (κ3) is 4.10. The number of hydrogen-bond acceptors (Lipinski definition) is 6. The molecule has 2 aromatic rings. The Labute approximate surface area is 168 Å². The molecule has 0 unspecified atom stereocenters. The first-order valence-electron chi connectivity index (χ1n) is 8.99. The number of amides is 2. The largest absolute Gasteiger partial charge is 0.480 e. The van der Waals surface area contributed by atoms with Gasteiger partial charge in [0.1, 0.15) is 0 Å². The van der Waals surface area contributed by atoms with Crippen LogP contribution in [0.4, 0.5) is 0 Å². The standard InChI is InChI=1S/C18H23N5O5S/c1-4-16(24)19-12-17(25)21-7-9-22(10-8-21)29(26,27)23-6-5-14-15(23)11-13(2)20-18(14)28-3/h4-6,11H,1,7-10,12H2,2-3H3,(H,19,24). The summed E-state index contributed by atoms with van der Waals surface area (Å²) in [6.45, 7) is 5.74. The number of nitrogens with zero attached hydrogens (tertiary/aromatic N) is 4. The van der Waals surface area contributed by atoms with Crippen molar-refractivity contribution in [2.24, 2.45) is 0 Å². The Hall–Kier alpha value is -2.92. The maximum Gasteiger partial charge on any atom is 0.308 e. The summed E-state index contributed by atoms with van der Waals surface area (Å²) in [7, 11) is -2.33. The summed E-state index contributed by atoms with van der Waals surface area (Å²) < 4.78 is 34.1. The van der Waals surface area contributed by atoms with E-state index in [1.54, 1.807) is 19.1 Å². The zero-order chi connectivity index (χ0) is 21.2. The van der Waals surface area contributed by atoms with E-state index >= 15 is 0 Å². The molecule has 0 aromatic carbocycles. The van der Waals surface area contributed by atoms with Crippen molar-refractivity contribution in [3.05, 3.63) is 36.7 Å². The Morgan fingerprint density at radius 1 is 1.31 bits per heavy atom. The fourth-order valence-corrected chi connectivity index (χ4v) is 4.68. The van der Waals surface area contributed by atoms with E-state index in [-0.39, 0.29) is 38.6 Å². The van der Waals surface area contributed by atoms with Crippen LogP contribution in [0.1, 0.15) is 5.69 Å².